The molecule has 0 fully saturated rings. The first-order chi connectivity index (χ1) is 33.4. The fourth-order valence-electron chi connectivity index (χ4n) is 11.0. The van der Waals surface area contributed by atoms with E-state index in [-0.39, 0.29) is 5.56 Å². The number of alkyl halides is 3. The van der Waals surface area contributed by atoms with E-state index in [9.17, 15) is 0 Å². The Morgan fingerprint density at radius 1 is 0.368 bits per heavy atom. The predicted octanol–water partition coefficient (Wildman–Crippen LogP) is 15.6. The third-order valence-corrected chi connectivity index (χ3v) is 13.7. The molecule has 6 heterocycles. The number of fused-ring (bicyclic) bond motifs is 14. The van der Waals surface area contributed by atoms with Gasteiger partial charge < -0.3 is 18.3 Å². The van der Waals surface area contributed by atoms with Crippen molar-refractivity contribution in [3.05, 3.63) is 218 Å². The smallest absolute Gasteiger partial charge is 0.309 e. The average Bonchev–Trinajstić information content (AvgIpc) is 4.11. The third-order valence-electron chi connectivity index (χ3n) is 13.7. The standard InChI is InChI=1S/C59H35F3N6/c60-59(61,62)46-28-25-38(65-48-22-11-8-19-41(48)54-51(65)30-27-43-56-53(24-13-32-64-56)67(58(43)54)37-16-5-2-6-17-37)34-44(46)45-35-63-33-31-50(45)68-49-23-12-9-20-42(49)55-52(68)29-26-40-39-18-7-10-21-47(39)66(57(40)55)36-14-3-1-4-15-36/h1-35H. The van der Waals surface area contributed by atoms with Crippen LogP contribution in [0.4, 0.5) is 13.2 Å². The molecule has 0 saturated carbocycles. The molecule has 8 aromatic carbocycles. The van der Waals surface area contributed by atoms with Gasteiger partial charge in [-0.1, -0.05) is 97.1 Å². The first-order valence-electron chi connectivity index (χ1n) is 22.5. The number of aromatic nitrogens is 6. The molecule has 0 amide bonds. The van der Waals surface area contributed by atoms with Crippen LogP contribution in [0.15, 0.2) is 213 Å². The van der Waals surface area contributed by atoms with Gasteiger partial charge in [-0.2, -0.15) is 13.2 Å². The monoisotopic (exact) mass is 884 g/mol. The summed E-state index contributed by atoms with van der Waals surface area (Å²) in [5.41, 5.74) is 11.2. The molecule has 0 spiro atoms. The van der Waals surface area contributed by atoms with E-state index in [0.29, 0.717) is 16.9 Å². The number of hydrogen-bond donors (Lipinski definition) is 0. The summed E-state index contributed by atoms with van der Waals surface area (Å²) in [5, 5.41) is 7.14. The molecule has 322 valence electrons. The minimum Gasteiger partial charge on any atom is -0.309 e. The second-order valence-electron chi connectivity index (χ2n) is 17.3. The highest BCUT2D eigenvalue weighted by atomic mass is 19.4. The van der Waals surface area contributed by atoms with E-state index in [0.717, 1.165) is 98.7 Å². The molecule has 0 N–H and O–H groups in total. The highest BCUT2D eigenvalue weighted by Crippen LogP contribution is 2.47. The SMILES string of the molecule is FC(F)(F)c1ccc(-n2c3ccccc3c3c2ccc2c4ncccc4n(-c4ccccc4)c23)cc1-c1cnccc1-n1c2ccccc2c2c1ccc1c3ccccc3n(-c3ccccc3)c12. The summed E-state index contributed by atoms with van der Waals surface area (Å²) in [6.07, 6.45) is 0.367. The second-order valence-corrected chi connectivity index (χ2v) is 17.3. The van der Waals surface area contributed by atoms with Gasteiger partial charge in [0.1, 0.15) is 0 Å². The molecule has 0 aliphatic heterocycles. The summed E-state index contributed by atoms with van der Waals surface area (Å²) in [5.74, 6) is 0. The van der Waals surface area contributed by atoms with E-state index in [2.05, 4.69) is 114 Å². The lowest BCUT2D eigenvalue weighted by Crippen LogP contribution is -2.09. The van der Waals surface area contributed by atoms with E-state index in [1.165, 1.54) is 6.07 Å². The van der Waals surface area contributed by atoms with Crippen LogP contribution >= 0.6 is 0 Å². The maximum Gasteiger partial charge on any atom is 0.417 e. The van der Waals surface area contributed by atoms with Gasteiger partial charge in [-0.05, 0) is 103 Å². The Labute approximate surface area is 385 Å². The Morgan fingerprint density at radius 2 is 0.912 bits per heavy atom. The van der Waals surface area contributed by atoms with E-state index in [1.54, 1.807) is 24.5 Å². The topological polar surface area (TPSA) is 45.5 Å². The largest absolute Gasteiger partial charge is 0.417 e. The van der Waals surface area contributed by atoms with Crippen molar-refractivity contribution in [2.75, 3.05) is 0 Å². The molecular formula is C59H35F3N6. The Bertz CT molecular complexity index is 4370. The molecule has 0 unspecified atom stereocenters. The fourth-order valence-corrected chi connectivity index (χ4v) is 11.0. The maximum absolute atomic E-state index is 15.6. The highest BCUT2D eigenvalue weighted by molar-refractivity contribution is 6.27. The number of halogens is 3. The zero-order valence-corrected chi connectivity index (χ0v) is 36.0. The van der Waals surface area contributed by atoms with Gasteiger partial charge in [0.15, 0.2) is 0 Å². The van der Waals surface area contributed by atoms with Crippen molar-refractivity contribution in [1.82, 2.24) is 28.2 Å². The summed E-state index contributed by atoms with van der Waals surface area (Å²) in [6, 6.07) is 63.9. The summed E-state index contributed by atoms with van der Waals surface area (Å²) in [6.45, 7) is 0. The molecular weight excluding hydrogens is 850 g/mol. The van der Waals surface area contributed by atoms with Gasteiger partial charge >= 0.3 is 6.18 Å². The lowest BCUT2D eigenvalue weighted by Gasteiger charge is -2.19. The van der Waals surface area contributed by atoms with Crippen molar-refractivity contribution in [1.29, 1.82) is 0 Å². The first kappa shape index (κ1) is 38.3. The fraction of sp³-hybridized carbons (Fsp3) is 0.0169. The quantitative estimate of drug-likeness (QED) is 0.173. The van der Waals surface area contributed by atoms with Crippen LogP contribution in [0.25, 0.3) is 121 Å². The lowest BCUT2D eigenvalue weighted by molar-refractivity contribution is -0.137. The minimum atomic E-state index is -4.68. The van der Waals surface area contributed by atoms with Crippen molar-refractivity contribution >= 4 is 87.4 Å². The minimum absolute atomic E-state index is 0.0260. The maximum atomic E-state index is 15.6. The van der Waals surface area contributed by atoms with Gasteiger partial charge in [-0.15, -0.1) is 0 Å². The molecule has 68 heavy (non-hydrogen) atoms. The van der Waals surface area contributed by atoms with Gasteiger partial charge in [0, 0.05) is 78.9 Å². The summed E-state index contributed by atoms with van der Waals surface area (Å²) < 4.78 is 55.6. The number of nitrogens with zero attached hydrogens (tertiary/aromatic N) is 6. The number of pyridine rings is 2. The van der Waals surface area contributed by atoms with Gasteiger partial charge in [0.05, 0.1) is 60.9 Å². The molecule has 0 saturated heterocycles. The van der Waals surface area contributed by atoms with Crippen LogP contribution < -0.4 is 0 Å². The molecule has 14 aromatic rings. The van der Waals surface area contributed by atoms with Crippen LogP contribution in [0.5, 0.6) is 0 Å². The predicted molar refractivity (Wildman–Crippen MR) is 270 cm³/mol. The molecule has 0 aliphatic rings. The van der Waals surface area contributed by atoms with Gasteiger partial charge in [-0.25, -0.2) is 0 Å². The molecule has 0 radical (unpaired) electrons. The molecule has 6 nitrogen and oxygen atoms in total. The van der Waals surface area contributed by atoms with Crippen LogP contribution in [0, 0.1) is 0 Å². The Morgan fingerprint density at radius 3 is 1.59 bits per heavy atom. The Hall–Kier alpha value is -8.95. The van der Waals surface area contributed by atoms with E-state index in [4.69, 9.17) is 4.98 Å². The summed E-state index contributed by atoms with van der Waals surface area (Å²) >= 11 is 0. The van der Waals surface area contributed by atoms with E-state index < -0.39 is 11.7 Å². The van der Waals surface area contributed by atoms with Crippen LogP contribution in [-0.4, -0.2) is 28.2 Å². The van der Waals surface area contributed by atoms with Crippen molar-refractivity contribution in [2.45, 2.75) is 6.18 Å². The van der Waals surface area contributed by atoms with E-state index >= 15 is 13.2 Å². The van der Waals surface area contributed by atoms with Crippen LogP contribution in [0.3, 0.4) is 0 Å². The third kappa shape index (κ3) is 5.35. The molecule has 6 aromatic heterocycles. The normalized spacial score (nSPS) is 12.3. The zero-order chi connectivity index (χ0) is 45.3. The first-order valence-corrected chi connectivity index (χ1v) is 22.5. The van der Waals surface area contributed by atoms with Gasteiger partial charge in [-0.3, -0.25) is 9.97 Å². The summed E-state index contributed by atoms with van der Waals surface area (Å²) in [4.78, 5) is 9.38. The van der Waals surface area contributed by atoms with Crippen LogP contribution in [-0.2, 0) is 6.18 Å². The molecule has 0 bridgehead atoms. The molecule has 0 atom stereocenters. The number of hydrogen-bond acceptors (Lipinski definition) is 2. The van der Waals surface area contributed by atoms with Crippen LogP contribution in [0.2, 0.25) is 0 Å². The lowest BCUT2D eigenvalue weighted by atomic mass is 9.98. The van der Waals surface area contributed by atoms with Crippen LogP contribution in [0.1, 0.15) is 5.56 Å². The molecule has 14 rings (SSSR count). The van der Waals surface area contributed by atoms with Crippen molar-refractivity contribution in [3.8, 4) is 33.9 Å². The van der Waals surface area contributed by atoms with E-state index in [1.807, 2.05) is 91.1 Å². The zero-order valence-electron chi connectivity index (χ0n) is 36.0. The Balaban J connectivity index is 1.06. The number of para-hydroxylation sites is 5. The molecule has 9 heteroatoms. The van der Waals surface area contributed by atoms with Gasteiger partial charge in [0.2, 0.25) is 0 Å². The Kier molecular flexibility index (Phi) is 8.05. The highest BCUT2D eigenvalue weighted by Gasteiger charge is 2.35. The van der Waals surface area contributed by atoms with Crippen molar-refractivity contribution in [3.63, 3.8) is 0 Å². The number of rotatable bonds is 5. The number of benzene rings is 8. The van der Waals surface area contributed by atoms with Gasteiger partial charge in [0.25, 0.3) is 0 Å². The average molecular weight is 885 g/mol. The molecule has 0 aliphatic carbocycles. The van der Waals surface area contributed by atoms with Crippen molar-refractivity contribution < 1.29 is 13.2 Å². The van der Waals surface area contributed by atoms with Crippen molar-refractivity contribution in [2.24, 2.45) is 0 Å². The second kappa shape index (κ2) is 14.3. The summed E-state index contributed by atoms with van der Waals surface area (Å²) in [7, 11) is 0.